The van der Waals surface area contributed by atoms with Crippen molar-refractivity contribution >= 4 is 48.5 Å². The Hall–Kier alpha value is -1.80. The zero-order chi connectivity index (χ0) is 17.9. The van der Waals surface area contributed by atoms with Gasteiger partial charge in [0.1, 0.15) is 0 Å². The van der Waals surface area contributed by atoms with Crippen molar-refractivity contribution in [3.05, 3.63) is 58.1 Å². The molecule has 7 heteroatoms. The Bertz CT molecular complexity index is 937. The molecule has 1 aliphatic heterocycles. The van der Waals surface area contributed by atoms with E-state index in [0.29, 0.717) is 10.7 Å². The molecule has 0 radical (unpaired) electrons. The van der Waals surface area contributed by atoms with Gasteiger partial charge in [0.25, 0.3) is 5.91 Å². The van der Waals surface area contributed by atoms with Crippen LogP contribution < -0.4 is 5.32 Å². The molecule has 4 rings (SSSR count). The molecule has 134 valence electrons. The molecule has 2 aromatic carbocycles. The molecular formula is C19H18BrN3O2S. The number of anilines is 1. The number of aromatic nitrogens is 1. The molecule has 0 bridgehead atoms. The molecule has 1 N–H and O–H groups in total. The highest BCUT2D eigenvalue weighted by atomic mass is 79.9. The fourth-order valence-electron chi connectivity index (χ4n) is 2.95. The van der Waals surface area contributed by atoms with Gasteiger partial charge in [-0.05, 0) is 45.8 Å². The molecule has 2 heterocycles. The van der Waals surface area contributed by atoms with Gasteiger partial charge in [0.05, 0.1) is 29.0 Å². The minimum atomic E-state index is -0.162. The van der Waals surface area contributed by atoms with Crippen LogP contribution in [0.25, 0.3) is 10.2 Å². The Balaban J connectivity index is 1.50. The summed E-state index contributed by atoms with van der Waals surface area (Å²) in [6.07, 6.45) is 0. The Morgan fingerprint density at radius 3 is 2.85 bits per heavy atom. The Kier molecular flexibility index (Phi) is 5.31. The van der Waals surface area contributed by atoms with E-state index in [-0.39, 0.29) is 5.91 Å². The molecule has 0 spiro atoms. The largest absolute Gasteiger partial charge is 0.379 e. The van der Waals surface area contributed by atoms with Crippen molar-refractivity contribution in [1.29, 1.82) is 0 Å². The number of carbonyl (C=O) groups excluding carboxylic acids is 1. The summed E-state index contributed by atoms with van der Waals surface area (Å²) in [5.74, 6) is -0.162. The molecule has 1 saturated heterocycles. The fourth-order valence-corrected chi connectivity index (χ4v) is 4.34. The van der Waals surface area contributed by atoms with Gasteiger partial charge < -0.3 is 4.74 Å². The van der Waals surface area contributed by atoms with Crippen LogP contribution in [-0.4, -0.2) is 42.1 Å². The number of halogens is 1. The monoisotopic (exact) mass is 431 g/mol. The van der Waals surface area contributed by atoms with E-state index in [2.05, 4.69) is 43.3 Å². The molecule has 0 atom stereocenters. The Morgan fingerprint density at radius 1 is 1.23 bits per heavy atom. The highest BCUT2D eigenvalue weighted by molar-refractivity contribution is 9.10. The van der Waals surface area contributed by atoms with Gasteiger partial charge in [-0.3, -0.25) is 15.0 Å². The third-order valence-corrected chi connectivity index (χ3v) is 5.93. The van der Waals surface area contributed by atoms with Crippen LogP contribution in [0.15, 0.2) is 46.9 Å². The Morgan fingerprint density at radius 2 is 2.04 bits per heavy atom. The van der Waals surface area contributed by atoms with E-state index < -0.39 is 0 Å². The standard InChI is InChI=1S/C19H18BrN3O2S/c20-15-4-2-1-3-14(15)18(24)22-19-21-16-6-5-13(11-17(16)26-19)12-23-7-9-25-10-8-23/h1-6,11H,7-10,12H2,(H,21,22,24). The minimum Gasteiger partial charge on any atom is -0.379 e. The fraction of sp³-hybridized carbons (Fsp3) is 0.263. The molecule has 1 aliphatic rings. The summed E-state index contributed by atoms with van der Waals surface area (Å²) in [6.45, 7) is 4.44. The number of hydrogen-bond acceptors (Lipinski definition) is 5. The molecule has 5 nitrogen and oxygen atoms in total. The van der Waals surface area contributed by atoms with Crippen molar-refractivity contribution in [1.82, 2.24) is 9.88 Å². The van der Waals surface area contributed by atoms with Crippen LogP contribution in [0.5, 0.6) is 0 Å². The average Bonchev–Trinajstić information content (AvgIpc) is 3.04. The van der Waals surface area contributed by atoms with Gasteiger partial charge in [0.15, 0.2) is 5.13 Å². The first kappa shape index (κ1) is 17.6. The third-order valence-electron chi connectivity index (χ3n) is 4.30. The molecular weight excluding hydrogens is 414 g/mol. The summed E-state index contributed by atoms with van der Waals surface area (Å²) >= 11 is 4.91. The molecule has 1 aromatic heterocycles. The first-order valence-electron chi connectivity index (χ1n) is 8.44. The number of carbonyl (C=O) groups is 1. The maximum atomic E-state index is 12.4. The maximum Gasteiger partial charge on any atom is 0.258 e. The van der Waals surface area contributed by atoms with Crippen LogP contribution in [0, 0.1) is 0 Å². The zero-order valence-corrected chi connectivity index (χ0v) is 16.5. The topological polar surface area (TPSA) is 54.5 Å². The number of ether oxygens (including phenoxy) is 1. The number of nitrogens with zero attached hydrogens (tertiary/aromatic N) is 2. The smallest absolute Gasteiger partial charge is 0.258 e. The highest BCUT2D eigenvalue weighted by Crippen LogP contribution is 2.28. The lowest BCUT2D eigenvalue weighted by atomic mass is 10.2. The van der Waals surface area contributed by atoms with Crippen molar-refractivity contribution in [3.8, 4) is 0 Å². The van der Waals surface area contributed by atoms with Crippen molar-refractivity contribution < 1.29 is 9.53 Å². The molecule has 1 amide bonds. The van der Waals surface area contributed by atoms with Crippen molar-refractivity contribution in [2.45, 2.75) is 6.54 Å². The van der Waals surface area contributed by atoms with Gasteiger partial charge in [-0.1, -0.05) is 29.5 Å². The summed E-state index contributed by atoms with van der Waals surface area (Å²) in [4.78, 5) is 19.4. The molecule has 0 aliphatic carbocycles. The van der Waals surface area contributed by atoms with E-state index >= 15 is 0 Å². The predicted octanol–water partition coefficient (Wildman–Crippen LogP) is 4.14. The molecule has 1 fully saturated rings. The average molecular weight is 432 g/mol. The number of fused-ring (bicyclic) bond motifs is 1. The summed E-state index contributed by atoms with van der Waals surface area (Å²) in [5, 5.41) is 3.52. The van der Waals surface area contributed by atoms with Gasteiger partial charge in [0.2, 0.25) is 0 Å². The normalized spacial score (nSPS) is 15.3. The van der Waals surface area contributed by atoms with Crippen molar-refractivity contribution in [2.75, 3.05) is 31.6 Å². The van der Waals surface area contributed by atoms with E-state index in [1.165, 1.54) is 16.9 Å². The van der Waals surface area contributed by atoms with E-state index in [1.54, 1.807) is 6.07 Å². The minimum absolute atomic E-state index is 0.162. The first-order chi connectivity index (χ1) is 12.7. The van der Waals surface area contributed by atoms with E-state index in [0.717, 1.165) is 47.5 Å². The second-order valence-electron chi connectivity index (χ2n) is 6.14. The summed E-state index contributed by atoms with van der Waals surface area (Å²) in [7, 11) is 0. The maximum absolute atomic E-state index is 12.4. The number of amides is 1. The number of benzene rings is 2. The van der Waals surface area contributed by atoms with Crippen LogP contribution in [-0.2, 0) is 11.3 Å². The zero-order valence-electron chi connectivity index (χ0n) is 14.1. The van der Waals surface area contributed by atoms with E-state index in [9.17, 15) is 4.79 Å². The van der Waals surface area contributed by atoms with Crippen LogP contribution >= 0.6 is 27.3 Å². The summed E-state index contributed by atoms with van der Waals surface area (Å²) < 4.78 is 7.25. The second-order valence-corrected chi connectivity index (χ2v) is 8.03. The predicted molar refractivity (Wildman–Crippen MR) is 108 cm³/mol. The van der Waals surface area contributed by atoms with Gasteiger partial charge in [-0.25, -0.2) is 4.98 Å². The van der Waals surface area contributed by atoms with Crippen LogP contribution in [0.1, 0.15) is 15.9 Å². The van der Waals surface area contributed by atoms with Gasteiger partial charge >= 0.3 is 0 Å². The first-order valence-corrected chi connectivity index (χ1v) is 10.1. The lowest BCUT2D eigenvalue weighted by Gasteiger charge is -2.26. The SMILES string of the molecule is O=C(Nc1nc2ccc(CN3CCOCC3)cc2s1)c1ccccc1Br. The van der Waals surface area contributed by atoms with Crippen LogP contribution in [0.2, 0.25) is 0 Å². The van der Waals surface area contributed by atoms with Gasteiger partial charge in [-0.15, -0.1) is 0 Å². The molecule has 0 saturated carbocycles. The number of rotatable bonds is 4. The van der Waals surface area contributed by atoms with Gasteiger partial charge in [-0.2, -0.15) is 0 Å². The van der Waals surface area contributed by atoms with Crippen LogP contribution in [0.3, 0.4) is 0 Å². The second kappa shape index (κ2) is 7.84. The Labute approximate surface area is 164 Å². The number of morpholine rings is 1. The van der Waals surface area contributed by atoms with Gasteiger partial charge in [0, 0.05) is 24.1 Å². The van der Waals surface area contributed by atoms with Crippen molar-refractivity contribution in [3.63, 3.8) is 0 Å². The van der Waals surface area contributed by atoms with Crippen molar-refractivity contribution in [2.24, 2.45) is 0 Å². The van der Waals surface area contributed by atoms with Crippen LogP contribution in [0.4, 0.5) is 5.13 Å². The molecule has 26 heavy (non-hydrogen) atoms. The number of thiazole rings is 1. The number of hydrogen-bond donors (Lipinski definition) is 1. The van der Waals surface area contributed by atoms with E-state index in [4.69, 9.17) is 4.74 Å². The van der Waals surface area contributed by atoms with E-state index in [1.807, 2.05) is 24.3 Å². The lowest BCUT2D eigenvalue weighted by molar-refractivity contribution is 0.0342. The third kappa shape index (κ3) is 3.96. The summed E-state index contributed by atoms with van der Waals surface area (Å²) in [6, 6.07) is 13.7. The molecule has 0 unspecified atom stereocenters. The highest BCUT2D eigenvalue weighted by Gasteiger charge is 2.14. The molecule has 3 aromatic rings. The lowest BCUT2D eigenvalue weighted by Crippen LogP contribution is -2.35. The summed E-state index contributed by atoms with van der Waals surface area (Å²) in [5.41, 5.74) is 2.76. The number of nitrogens with one attached hydrogen (secondary N) is 1. The quantitative estimate of drug-likeness (QED) is 0.673.